The Labute approximate surface area is 106 Å². The van der Waals surface area contributed by atoms with Gasteiger partial charge in [-0.2, -0.15) is 0 Å². The molecule has 2 aromatic rings. The summed E-state index contributed by atoms with van der Waals surface area (Å²) in [6, 6.07) is 10.2. The molecule has 0 saturated heterocycles. The quantitative estimate of drug-likeness (QED) is 0.717. The molecule has 2 heterocycles. The summed E-state index contributed by atoms with van der Waals surface area (Å²) in [6.07, 6.45) is 8.13. The van der Waals surface area contributed by atoms with Crippen molar-refractivity contribution in [2.45, 2.75) is 13.8 Å². The fourth-order valence-electron chi connectivity index (χ4n) is 1.49. The van der Waals surface area contributed by atoms with E-state index in [2.05, 4.69) is 43.1 Å². The molecule has 0 atom stereocenters. The Morgan fingerprint density at radius 2 is 2.12 bits per heavy atom. The zero-order valence-corrected chi connectivity index (χ0v) is 10.9. The van der Waals surface area contributed by atoms with Gasteiger partial charge in [0.1, 0.15) is 0 Å². The molecule has 0 saturated carbocycles. The lowest BCUT2D eigenvalue weighted by Gasteiger charge is -1.92. The highest BCUT2D eigenvalue weighted by Gasteiger charge is 1.92. The molecule has 0 fully saturated rings. The molecule has 0 spiro atoms. The van der Waals surface area contributed by atoms with Crippen molar-refractivity contribution in [1.82, 2.24) is 4.98 Å². The largest absolute Gasteiger partial charge is 0.257 e. The number of aromatic nitrogens is 1. The molecule has 2 rings (SSSR count). The number of hydrogen-bond donors (Lipinski definition) is 0. The van der Waals surface area contributed by atoms with E-state index in [4.69, 9.17) is 0 Å². The minimum absolute atomic E-state index is 0.989. The average Bonchev–Trinajstić information content (AvgIpc) is 2.73. The molecule has 17 heavy (non-hydrogen) atoms. The van der Waals surface area contributed by atoms with Gasteiger partial charge in [-0.25, -0.2) is 0 Å². The van der Waals surface area contributed by atoms with Crippen LogP contribution in [0.5, 0.6) is 0 Å². The minimum atomic E-state index is 0.989. The van der Waals surface area contributed by atoms with Crippen LogP contribution in [0.1, 0.15) is 22.4 Å². The van der Waals surface area contributed by atoms with Gasteiger partial charge in [-0.15, -0.1) is 11.3 Å². The first kappa shape index (κ1) is 11.8. The van der Waals surface area contributed by atoms with E-state index in [0.717, 1.165) is 5.69 Å². The maximum Gasteiger partial charge on any atom is 0.0629 e. The Hall–Kier alpha value is -1.67. The van der Waals surface area contributed by atoms with Gasteiger partial charge in [-0.05, 0) is 55.8 Å². The summed E-state index contributed by atoms with van der Waals surface area (Å²) in [5.41, 5.74) is 2.22. The van der Waals surface area contributed by atoms with Crippen LogP contribution >= 0.6 is 11.3 Å². The Morgan fingerprint density at radius 3 is 2.76 bits per heavy atom. The molecular weight excluding hydrogens is 226 g/mol. The van der Waals surface area contributed by atoms with E-state index in [-0.39, 0.29) is 0 Å². The van der Waals surface area contributed by atoms with Gasteiger partial charge >= 0.3 is 0 Å². The second kappa shape index (κ2) is 5.60. The van der Waals surface area contributed by atoms with Crippen LogP contribution in [0, 0.1) is 6.92 Å². The van der Waals surface area contributed by atoms with Crippen LogP contribution in [0.4, 0.5) is 0 Å². The number of rotatable bonds is 3. The molecule has 1 nitrogen and oxygen atoms in total. The topological polar surface area (TPSA) is 12.9 Å². The molecule has 0 aliphatic rings. The van der Waals surface area contributed by atoms with Crippen molar-refractivity contribution in [1.29, 1.82) is 0 Å². The lowest BCUT2D eigenvalue weighted by molar-refractivity contribution is 1.29. The molecule has 2 aromatic heterocycles. The van der Waals surface area contributed by atoms with Crippen molar-refractivity contribution in [2.75, 3.05) is 0 Å². The molecule has 0 amide bonds. The van der Waals surface area contributed by atoms with E-state index in [1.807, 2.05) is 35.6 Å². The molecule has 0 radical (unpaired) electrons. The van der Waals surface area contributed by atoms with E-state index in [1.54, 1.807) is 6.20 Å². The lowest BCUT2D eigenvalue weighted by atomic mass is 10.2. The molecule has 0 aliphatic carbocycles. The van der Waals surface area contributed by atoms with Gasteiger partial charge in [-0.1, -0.05) is 12.1 Å². The predicted molar refractivity (Wildman–Crippen MR) is 76.0 cm³/mol. The third-order valence-corrected chi connectivity index (χ3v) is 3.28. The SMILES string of the molecule is CC(C=Cc1ccccn1)=Cc1ccc(C)s1. The smallest absolute Gasteiger partial charge is 0.0629 e. The average molecular weight is 241 g/mol. The molecular formula is C15H15NS. The van der Waals surface area contributed by atoms with Gasteiger partial charge in [0.05, 0.1) is 5.69 Å². The molecule has 86 valence electrons. The maximum absolute atomic E-state index is 4.25. The van der Waals surface area contributed by atoms with Gasteiger partial charge in [-0.3, -0.25) is 4.98 Å². The van der Waals surface area contributed by atoms with E-state index >= 15 is 0 Å². The van der Waals surface area contributed by atoms with Crippen molar-refractivity contribution in [3.8, 4) is 0 Å². The first-order valence-corrected chi connectivity index (χ1v) is 6.39. The van der Waals surface area contributed by atoms with Crippen molar-refractivity contribution < 1.29 is 0 Å². The van der Waals surface area contributed by atoms with E-state index < -0.39 is 0 Å². The zero-order chi connectivity index (χ0) is 12.1. The van der Waals surface area contributed by atoms with Crippen LogP contribution in [-0.2, 0) is 0 Å². The number of hydrogen-bond acceptors (Lipinski definition) is 2. The summed E-state index contributed by atoms with van der Waals surface area (Å²) in [4.78, 5) is 6.89. The first-order chi connectivity index (χ1) is 8.24. The molecule has 0 unspecified atom stereocenters. The maximum atomic E-state index is 4.25. The first-order valence-electron chi connectivity index (χ1n) is 5.58. The zero-order valence-electron chi connectivity index (χ0n) is 10.1. The summed E-state index contributed by atoms with van der Waals surface area (Å²) in [6.45, 7) is 4.23. The van der Waals surface area contributed by atoms with E-state index in [1.165, 1.54) is 15.3 Å². The monoisotopic (exact) mass is 241 g/mol. The molecule has 2 heteroatoms. The van der Waals surface area contributed by atoms with Crippen LogP contribution in [0.3, 0.4) is 0 Å². The van der Waals surface area contributed by atoms with Gasteiger partial charge in [0.2, 0.25) is 0 Å². The summed E-state index contributed by atoms with van der Waals surface area (Å²) < 4.78 is 0. The van der Waals surface area contributed by atoms with Crippen molar-refractivity contribution in [2.24, 2.45) is 0 Å². The highest BCUT2D eigenvalue weighted by Crippen LogP contribution is 2.18. The van der Waals surface area contributed by atoms with Crippen LogP contribution in [0.2, 0.25) is 0 Å². The number of thiophene rings is 1. The predicted octanol–water partition coefficient (Wildman–Crippen LogP) is 4.57. The third kappa shape index (κ3) is 3.68. The van der Waals surface area contributed by atoms with Gasteiger partial charge in [0, 0.05) is 16.0 Å². The fraction of sp³-hybridized carbons (Fsp3) is 0.133. The number of pyridine rings is 1. The van der Waals surface area contributed by atoms with Crippen molar-refractivity contribution in [3.63, 3.8) is 0 Å². The Kier molecular flexibility index (Phi) is 3.89. The third-order valence-electron chi connectivity index (χ3n) is 2.34. The van der Waals surface area contributed by atoms with Crippen molar-refractivity contribution >= 4 is 23.5 Å². The van der Waals surface area contributed by atoms with Crippen LogP contribution in [0.25, 0.3) is 12.2 Å². The molecule has 0 aromatic carbocycles. The Morgan fingerprint density at radius 1 is 1.24 bits per heavy atom. The highest BCUT2D eigenvalue weighted by molar-refractivity contribution is 7.12. The summed E-state index contributed by atoms with van der Waals surface area (Å²) in [5, 5.41) is 0. The summed E-state index contributed by atoms with van der Waals surface area (Å²) in [5.74, 6) is 0. The molecule has 0 aliphatic heterocycles. The van der Waals surface area contributed by atoms with E-state index in [0.29, 0.717) is 0 Å². The van der Waals surface area contributed by atoms with E-state index in [9.17, 15) is 0 Å². The van der Waals surface area contributed by atoms with Crippen LogP contribution < -0.4 is 0 Å². The van der Waals surface area contributed by atoms with Gasteiger partial charge < -0.3 is 0 Å². The number of aryl methyl sites for hydroxylation is 1. The minimum Gasteiger partial charge on any atom is -0.257 e. The summed E-state index contributed by atoms with van der Waals surface area (Å²) >= 11 is 1.81. The van der Waals surface area contributed by atoms with Crippen molar-refractivity contribution in [3.05, 3.63) is 63.6 Å². The van der Waals surface area contributed by atoms with Crippen LogP contribution in [-0.4, -0.2) is 4.98 Å². The lowest BCUT2D eigenvalue weighted by Crippen LogP contribution is -1.76. The standard InChI is InChI=1S/C15H15NS/c1-12(11-15-9-7-13(2)17-15)6-8-14-5-3-4-10-16-14/h3-11H,1-2H3. The normalized spacial score (nSPS) is 12.2. The highest BCUT2D eigenvalue weighted by atomic mass is 32.1. The van der Waals surface area contributed by atoms with Gasteiger partial charge in [0.15, 0.2) is 0 Å². The second-order valence-electron chi connectivity index (χ2n) is 3.92. The Bertz CT molecular complexity index is 535. The van der Waals surface area contributed by atoms with Gasteiger partial charge in [0.25, 0.3) is 0 Å². The van der Waals surface area contributed by atoms with Crippen LogP contribution in [0.15, 0.2) is 48.2 Å². The molecule has 0 N–H and O–H groups in total. The number of allylic oxidation sites excluding steroid dienone is 2. The second-order valence-corrected chi connectivity index (χ2v) is 5.24. The summed E-state index contributed by atoms with van der Waals surface area (Å²) in [7, 11) is 0. The molecule has 0 bridgehead atoms. The fourth-order valence-corrected chi connectivity index (χ4v) is 2.38. The Balaban J connectivity index is 2.09. The number of nitrogens with zero attached hydrogens (tertiary/aromatic N) is 1.